The lowest BCUT2D eigenvalue weighted by molar-refractivity contribution is 0.159. The molecule has 1 fully saturated rings. The Morgan fingerprint density at radius 1 is 1.28 bits per heavy atom. The molecule has 3 rings (SSSR count). The second-order valence-corrected chi connectivity index (χ2v) is 7.14. The van der Waals surface area contributed by atoms with Gasteiger partial charge in [-0.1, -0.05) is 17.6 Å². The molecule has 2 aromatic heterocycles. The van der Waals surface area contributed by atoms with E-state index in [-0.39, 0.29) is 24.0 Å². The van der Waals surface area contributed by atoms with Crippen molar-refractivity contribution < 1.29 is 4.52 Å². The molecule has 2 aromatic rings. The molecule has 9 heteroatoms. The summed E-state index contributed by atoms with van der Waals surface area (Å²) < 4.78 is 5.28. The lowest BCUT2D eigenvalue weighted by atomic mass is 10.0. The van der Waals surface area contributed by atoms with E-state index >= 15 is 0 Å². The van der Waals surface area contributed by atoms with Gasteiger partial charge in [-0.2, -0.15) is 4.98 Å². The number of piperidine rings is 1. The molecule has 0 radical (unpaired) electrons. The molecule has 1 saturated heterocycles. The molecule has 0 amide bonds. The minimum absolute atomic E-state index is 0. The number of nitrogens with one attached hydrogen (secondary N) is 2. The third-order valence-corrected chi connectivity index (χ3v) is 5.07. The molecule has 0 aliphatic carbocycles. The number of likely N-dealkylation sites (tertiary alicyclic amines) is 1. The first-order chi connectivity index (χ1) is 13.8. The summed E-state index contributed by atoms with van der Waals surface area (Å²) in [6.07, 6.45) is 7.51. The molecule has 0 saturated carbocycles. The molecular formula is C20H32IN7O. The number of guanidine groups is 1. The van der Waals surface area contributed by atoms with Gasteiger partial charge in [0.2, 0.25) is 0 Å². The van der Waals surface area contributed by atoms with E-state index in [9.17, 15) is 0 Å². The number of rotatable bonds is 8. The van der Waals surface area contributed by atoms with E-state index in [0.717, 1.165) is 31.5 Å². The molecule has 1 unspecified atom stereocenters. The van der Waals surface area contributed by atoms with Gasteiger partial charge in [-0.3, -0.25) is 9.98 Å². The van der Waals surface area contributed by atoms with Gasteiger partial charge in [0.05, 0.1) is 0 Å². The summed E-state index contributed by atoms with van der Waals surface area (Å²) in [5.41, 5.74) is 0.690. The lowest BCUT2D eigenvalue weighted by Crippen LogP contribution is -2.41. The predicted octanol–water partition coefficient (Wildman–Crippen LogP) is 2.72. The molecule has 8 nitrogen and oxygen atoms in total. The highest BCUT2D eigenvalue weighted by Crippen LogP contribution is 2.16. The molecule has 160 valence electrons. The third kappa shape index (κ3) is 7.54. The van der Waals surface area contributed by atoms with E-state index in [1.807, 2.05) is 18.2 Å². The highest BCUT2D eigenvalue weighted by Gasteiger charge is 2.17. The molecule has 0 bridgehead atoms. The number of hydrogen-bond donors (Lipinski definition) is 2. The van der Waals surface area contributed by atoms with Crippen molar-refractivity contribution in [3.05, 3.63) is 30.2 Å². The van der Waals surface area contributed by atoms with Gasteiger partial charge in [0.15, 0.2) is 11.8 Å². The first-order valence-electron chi connectivity index (χ1n) is 10.2. The van der Waals surface area contributed by atoms with Crippen molar-refractivity contribution >= 4 is 29.9 Å². The van der Waals surface area contributed by atoms with Crippen molar-refractivity contribution in [3.63, 3.8) is 0 Å². The van der Waals surface area contributed by atoms with Gasteiger partial charge >= 0.3 is 0 Å². The molecule has 3 heterocycles. The fourth-order valence-corrected chi connectivity index (χ4v) is 3.44. The number of hydrogen-bond acceptors (Lipinski definition) is 6. The predicted molar refractivity (Wildman–Crippen MR) is 126 cm³/mol. The average molecular weight is 513 g/mol. The second kappa shape index (κ2) is 12.7. The summed E-state index contributed by atoms with van der Waals surface area (Å²) in [6, 6.07) is 6.33. The van der Waals surface area contributed by atoms with E-state index in [4.69, 9.17) is 4.52 Å². The Morgan fingerprint density at radius 2 is 2.14 bits per heavy atom. The van der Waals surface area contributed by atoms with Crippen molar-refractivity contribution in [3.8, 4) is 11.6 Å². The molecular weight excluding hydrogens is 481 g/mol. The lowest BCUT2D eigenvalue weighted by Gasteiger charge is -2.33. The number of pyridine rings is 1. The average Bonchev–Trinajstić information content (AvgIpc) is 3.20. The highest BCUT2D eigenvalue weighted by molar-refractivity contribution is 14.0. The molecule has 1 atom stereocenters. The van der Waals surface area contributed by atoms with Crippen LogP contribution in [0.5, 0.6) is 0 Å². The number of nitrogens with zero attached hydrogens (tertiary/aromatic N) is 5. The normalized spacial score (nSPS) is 17.6. The smallest absolute Gasteiger partial charge is 0.276 e. The molecule has 0 aromatic carbocycles. The highest BCUT2D eigenvalue weighted by atomic mass is 127. The van der Waals surface area contributed by atoms with Crippen molar-refractivity contribution in [2.75, 3.05) is 33.2 Å². The zero-order valence-electron chi connectivity index (χ0n) is 17.3. The van der Waals surface area contributed by atoms with Crippen LogP contribution in [0.4, 0.5) is 0 Å². The Labute approximate surface area is 190 Å². The van der Waals surface area contributed by atoms with Crippen LogP contribution in [0, 0.1) is 0 Å². The first-order valence-corrected chi connectivity index (χ1v) is 10.2. The van der Waals surface area contributed by atoms with Gasteiger partial charge < -0.3 is 20.1 Å². The maximum atomic E-state index is 5.28. The maximum absolute atomic E-state index is 5.28. The Balaban J connectivity index is 0.00000300. The summed E-state index contributed by atoms with van der Waals surface area (Å²) in [7, 11) is 1.79. The van der Waals surface area contributed by atoms with E-state index in [1.54, 1.807) is 13.2 Å². The van der Waals surface area contributed by atoms with Crippen LogP contribution in [0.1, 0.15) is 38.4 Å². The van der Waals surface area contributed by atoms with Crippen LogP contribution >= 0.6 is 24.0 Å². The number of halogens is 1. The third-order valence-electron chi connectivity index (χ3n) is 5.07. The van der Waals surface area contributed by atoms with Crippen molar-refractivity contribution in [1.29, 1.82) is 0 Å². The number of aromatic nitrogens is 3. The Hall–Kier alpha value is -1.75. The fourth-order valence-electron chi connectivity index (χ4n) is 3.44. The van der Waals surface area contributed by atoms with Crippen molar-refractivity contribution in [1.82, 2.24) is 30.7 Å². The second-order valence-electron chi connectivity index (χ2n) is 7.14. The van der Waals surface area contributed by atoms with Crippen molar-refractivity contribution in [2.24, 2.45) is 4.99 Å². The van der Waals surface area contributed by atoms with Crippen LogP contribution in [0.2, 0.25) is 0 Å². The Morgan fingerprint density at radius 3 is 2.90 bits per heavy atom. The molecule has 0 spiro atoms. The zero-order valence-corrected chi connectivity index (χ0v) is 19.6. The van der Waals surface area contributed by atoms with E-state index in [2.05, 4.69) is 42.6 Å². The summed E-state index contributed by atoms with van der Waals surface area (Å²) in [5.74, 6) is 1.91. The van der Waals surface area contributed by atoms with Gasteiger partial charge in [0.25, 0.3) is 5.89 Å². The monoisotopic (exact) mass is 513 g/mol. The Bertz CT molecular complexity index is 737. The summed E-state index contributed by atoms with van der Waals surface area (Å²) in [5, 5.41) is 10.7. The van der Waals surface area contributed by atoms with E-state index < -0.39 is 0 Å². The van der Waals surface area contributed by atoms with Gasteiger partial charge in [-0.15, -0.1) is 24.0 Å². The molecule has 2 N–H and O–H groups in total. The van der Waals surface area contributed by atoms with E-state index in [0.29, 0.717) is 30.4 Å². The van der Waals surface area contributed by atoms with Crippen LogP contribution in [0.3, 0.4) is 0 Å². The van der Waals surface area contributed by atoms with Gasteiger partial charge in [0, 0.05) is 45.3 Å². The maximum Gasteiger partial charge on any atom is 0.276 e. The quantitative estimate of drug-likeness (QED) is 0.243. The van der Waals surface area contributed by atoms with Gasteiger partial charge in [-0.05, 0) is 44.9 Å². The minimum Gasteiger partial charge on any atom is -0.356 e. The molecule has 1 aliphatic rings. The topological polar surface area (TPSA) is 91.5 Å². The minimum atomic E-state index is 0. The van der Waals surface area contributed by atoms with Crippen LogP contribution in [0.15, 0.2) is 33.9 Å². The number of aliphatic imine (C=N–C) groups is 1. The van der Waals surface area contributed by atoms with E-state index in [1.165, 1.54) is 25.8 Å². The van der Waals surface area contributed by atoms with Crippen LogP contribution in [-0.2, 0) is 6.42 Å². The van der Waals surface area contributed by atoms with Gasteiger partial charge in [0.1, 0.15) is 5.69 Å². The zero-order chi connectivity index (χ0) is 19.6. The van der Waals surface area contributed by atoms with Crippen LogP contribution in [-0.4, -0.2) is 65.3 Å². The SMILES string of the molecule is CN=C(NCCCN1CCCCC1C)NCCc1noc(-c2ccccn2)n1.I. The first kappa shape index (κ1) is 23.5. The standard InChI is InChI=1S/C20H31N7O.HI/c1-16-8-4-6-14-27(16)15-7-12-23-20(21-2)24-13-10-18-25-19(28-26-18)17-9-3-5-11-22-17;/h3,5,9,11,16H,4,6-8,10,12-15H2,1-2H3,(H2,21,23,24);1H. The summed E-state index contributed by atoms with van der Waals surface area (Å²) >= 11 is 0. The fraction of sp³-hybridized carbons (Fsp3) is 0.600. The van der Waals surface area contributed by atoms with Gasteiger partial charge in [-0.25, -0.2) is 0 Å². The Kier molecular flexibility index (Phi) is 10.3. The van der Waals surface area contributed by atoms with Crippen LogP contribution < -0.4 is 10.6 Å². The molecule has 29 heavy (non-hydrogen) atoms. The van der Waals surface area contributed by atoms with Crippen LogP contribution in [0.25, 0.3) is 11.6 Å². The van der Waals surface area contributed by atoms with Crippen molar-refractivity contribution in [2.45, 2.75) is 45.1 Å². The summed E-state index contributed by atoms with van der Waals surface area (Å²) in [4.78, 5) is 15.5. The summed E-state index contributed by atoms with van der Waals surface area (Å²) in [6.45, 7) is 6.31. The largest absolute Gasteiger partial charge is 0.356 e. The molecule has 1 aliphatic heterocycles.